The van der Waals surface area contributed by atoms with Crippen molar-refractivity contribution in [3.63, 3.8) is 0 Å². The summed E-state index contributed by atoms with van der Waals surface area (Å²) in [5.74, 6) is -0.00681. The first-order valence-electron chi connectivity index (χ1n) is 8.31. The van der Waals surface area contributed by atoms with Gasteiger partial charge in [0.25, 0.3) is 5.91 Å². The van der Waals surface area contributed by atoms with Gasteiger partial charge in [-0.1, -0.05) is 50.2 Å². The molecule has 0 saturated carbocycles. The minimum absolute atomic E-state index is 0.0512. The van der Waals surface area contributed by atoms with Gasteiger partial charge < -0.3 is 15.4 Å². The molecule has 0 heterocycles. The van der Waals surface area contributed by atoms with Gasteiger partial charge in [-0.3, -0.25) is 9.59 Å². The first-order valence-corrected chi connectivity index (χ1v) is 8.31. The summed E-state index contributed by atoms with van der Waals surface area (Å²) in [6.07, 6.45) is 0. The normalized spacial score (nSPS) is 11.7. The van der Waals surface area contributed by atoms with Crippen molar-refractivity contribution in [1.29, 1.82) is 0 Å². The first kappa shape index (κ1) is 18.5. The number of amides is 2. The molecule has 25 heavy (non-hydrogen) atoms. The van der Waals surface area contributed by atoms with E-state index in [4.69, 9.17) is 4.74 Å². The average molecular weight is 340 g/mol. The highest BCUT2D eigenvalue weighted by molar-refractivity contribution is 5.98. The molecule has 132 valence electrons. The van der Waals surface area contributed by atoms with Crippen molar-refractivity contribution < 1.29 is 14.3 Å². The predicted octanol–water partition coefficient (Wildman–Crippen LogP) is 3.15. The molecule has 5 nitrogen and oxygen atoms in total. The van der Waals surface area contributed by atoms with Crippen molar-refractivity contribution in [1.82, 2.24) is 5.32 Å². The van der Waals surface area contributed by atoms with Gasteiger partial charge in [0.05, 0.1) is 0 Å². The van der Waals surface area contributed by atoms with Crippen molar-refractivity contribution in [2.75, 3.05) is 11.9 Å². The van der Waals surface area contributed by atoms with E-state index < -0.39 is 6.04 Å². The monoisotopic (exact) mass is 340 g/mol. The van der Waals surface area contributed by atoms with Crippen LogP contribution in [0.2, 0.25) is 0 Å². The SMILES string of the molecule is Cc1ccccc1NC(=O)C(NC(=O)COc1ccccc1)C(C)C. The molecule has 5 heteroatoms. The van der Waals surface area contributed by atoms with Crippen molar-refractivity contribution in [2.45, 2.75) is 26.8 Å². The largest absolute Gasteiger partial charge is 0.484 e. The molecule has 1 atom stereocenters. The van der Waals surface area contributed by atoms with Gasteiger partial charge >= 0.3 is 0 Å². The number of aryl methyl sites for hydroxylation is 1. The van der Waals surface area contributed by atoms with Crippen LogP contribution in [0.1, 0.15) is 19.4 Å². The average Bonchev–Trinajstić information content (AvgIpc) is 2.60. The first-order chi connectivity index (χ1) is 12.0. The quantitative estimate of drug-likeness (QED) is 0.813. The highest BCUT2D eigenvalue weighted by atomic mass is 16.5. The van der Waals surface area contributed by atoms with Crippen LogP contribution in [0.25, 0.3) is 0 Å². The lowest BCUT2D eigenvalue weighted by molar-refractivity contribution is -0.128. The number of benzene rings is 2. The summed E-state index contributed by atoms with van der Waals surface area (Å²) < 4.78 is 5.42. The number of carbonyl (C=O) groups is 2. The molecule has 2 amide bonds. The molecular formula is C20H24N2O3. The summed E-state index contributed by atoms with van der Waals surface area (Å²) in [7, 11) is 0. The van der Waals surface area contributed by atoms with Crippen LogP contribution in [0.4, 0.5) is 5.69 Å². The van der Waals surface area contributed by atoms with Gasteiger partial charge in [-0.2, -0.15) is 0 Å². The van der Waals surface area contributed by atoms with Gasteiger partial charge in [-0.05, 0) is 36.6 Å². The number of ether oxygens (including phenoxy) is 1. The molecule has 0 aliphatic rings. The van der Waals surface area contributed by atoms with E-state index in [1.807, 2.05) is 63.2 Å². The van der Waals surface area contributed by atoms with Gasteiger partial charge in [-0.25, -0.2) is 0 Å². The Labute approximate surface area is 148 Å². The molecule has 1 unspecified atom stereocenters. The summed E-state index contributed by atoms with van der Waals surface area (Å²) in [4.78, 5) is 24.7. The van der Waals surface area contributed by atoms with Gasteiger partial charge in [0.2, 0.25) is 5.91 Å². The highest BCUT2D eigenvalue weighted by Gasteiger charge is 2.24. The third-order valence-corrected chi connectivity index (χ3v) is 3.78. The fraction of sp³-hybridized carbons (Fsp3) is 0.300. The van der Waals surface area contributed by atoms with Crippen LogP contribution in [0, 0.1) is 12.8 Å². The maximum Gasteiger partial charge on any atom is 0.258 e. The van der Waals surface area contributed by atoms with Crippen LogP contribution in [0.5, 0.6) is 5.75 Å². The summed E-state index contributed by atoms with van der Waals surface area (Å²) >= 11 is 0. The number of carbonyl (C=O) groups excluding carboxylic acids is 2. The van der Waals surface area contributed by atoms with Crippen LogP contribution < -0.4 is 15.4 Å². The molecule has 0 saturated heterocycles. The number of hydrogen-bond acceptors (Lipinski definition) is 3. The molecule has 2 N–H and O–H groups in total. The van der Waals surface area contributed by atoms with Crippen LogP contribution in [-0.4, -0.2) is 24.5 Å². The van der Waals surface area contributed by atoms with E-state index in [0.717, 1.165) is 11.3 Å². The molecular weight excluding hydrogens is 316 g/mol. The second-order valence-corrected chi connectivity index (χ2v) is 6.20. The van der Waals surface area contributed by atoms with E-state index in [-0.39, 0.29) is 24.3 Å². The zero-order valence-electron chi connectivity index (χ0n) is 14.8. The molecule has 2 rings (SSSR count). The molecule has 0 fully saturated rings. The van der Waals surface area contributed by atoms with E-state index in [9.17, 15) is 9.59 Å². The predicted molar refractivity (Wildman–Crippen MR) is 98.5 cm³/mol. The molecule has 0 aromatic heterocycles. The minimum Gasteiger partial charge on any atom is -0.484 e. The Bertz CT molecular complexity index is 714. The minimum atomic E-state index is -0.633. The Hall–Kier alpha value is -2.82. The zero-order valence-corrected chi connectivity index (χ0v) is 14.8. The molecule has 2 aromatic rings. The Kier molecular flexibility index (Phi) is 6.57. The second kappa shape index (κ2) is 8.87. The maximum absolute atomic E-state index is 12.5. The molecule has 0 aliphatic carbocycles. The fourth-order valence-corrected chi connectivity index (χ4v) is 2.34. The van der Waals surface area contributed by atoms with Crippen molar-refractivity contribution in [2.24, 2.45) is 5.92 Å². The number of anilines is 1. The van der Waals surface area contributed by atoms with Crippen molar-refractivity contribution in [3.05, 3.63) is 60.2 Å². The summed E-state index contributed by atoms with van der Waals surface area (Å²) in [6.45, 7) is 5.57. The van der Waals surface area contributed by atoms with Crippen molar-refractivity contribution in [3.8, 4) is 5.75 Å². The standard InChI is InChI=1S/C20H24N2O3/c1-14(2)19(20(24)21-17-12-8-7-9-15(17)3)22-18(23)13-25-16-10-5-4-6-11-16/h4-12,14,19H,13H2,1-3H3,(H,21,24)(H,22,23). The Morgan fingerprint density at radius 1 is 1.00 bits per heavy atom. The van der Waals surface area contributed by atoms with Gasteiger partial charge in [0, 0.05) is 5.69 Å². The number of hydrogen-bond donors (Lipinski definition) is 2. The number of rotatable bonds is 7. The van der Waals surface area contributed by atoms with Crippen LogP contribution in [-0.2, 0) is 9.59 Å². The van der Waals surface area contributed by atoms with Gasteiger partial charge in [0.1, 0.15) is 11.8 Å². The Balaban J connectivity index is 1.94. The lowest BCUT2D eigenvalue weighted by Gasteiger charge is -2.22. The topological polar surface area (TPSA) is 67.4 Å². The third-order valence-electron chi connectivity index (χ3n) is 3.78. The molecule has 2 aromatic carbocycles. The molecule has 0 bridgehead atoms. The molecule has 0 spiro atoms. The summed E-state index contributed by atoms with van der Waals surface area (Å²) in [5.41, 5.74) is 1.71. The smallest absolute Gasteiger partial charge is 0.258 e. The Morgan fingerprint density at radius 3 is 2.28 bits per heavy atom. The van der Waals surface area contributed by atoms with Crippen LogP contribution >= 0.6 is 0 Å². The van der Waals surface area contributed by atoms with E-state index in [0.29, 0.717) is 5.75 Å². The second-order valence-electron chi connectivity index (χ2n) is 6.20. The van der Waals surface area contributed by atoms with E-state index in [2.05, 4.69) is 10.6 Å². The van der Waals surface area contributed by atoms with Gasteiger partial charge in [0.15, 0.2) is 6.61 Å². The molecule has 0 radical (unpaired) electrons. The van der Waals surface area contributed by atoms with Crippen LogP contribution in [0.3, 0.4) is 0 Å². The summed E-state index contributed by atoms with van der Waals surface area (Å²) in [6, 6.07) is 16.0. The van der Waals surface area contributed by atoms with Crippen molar-refractivity contribution >= 4 is 17.5 Å². The number of nitrogens with one attached hydrogen (secondary N) is 2. The van der Waals surface area contributed by atoms with Crippen LogP contribution in [0.15, 0.2) is 54.6 Å². The fourth-order valence-electron chi connectivity index (χ4n) is 2.34. The summed E-state index contributed by atoms with van der Waals surface area (Å²) in [5, 5.41) is 5.63. The maximum atomic E-state index is 12.5. The highest BCUT2D eigenvalue weighted by Crippen LogP contribution is 2.15. The van der Waals surface area contributed by atoms with E-state index in [1.54, 1.807) is 12.1 Å². The Morgan fingerprint density at radius 2 is 1.64 bits per heavy atom. The third kappa shape index (κ3) is 5.64. The van der Waals surface area contributed by atoms with E-state index >= 15 is 0 Å². The lowest BCUT2D eigenvalue weighted by atomic mass is 10.0. The zero-order chi connectivity index (χ0) is 18.2. The van der Waals surface area contributed by atoms with E-state index in [1.165, 1.54) is 0 Å². The van der Waals surface area contributed by atoms with Gasteiger partial charge in [-0.15, -0.1) is 0 Å². The molecule has 0 aliphatic heterocycles. The lowest BCUT2D eigenvalue weighted by Crippen LogP contribution is -2.48. The number of para-hydroxylation sites is 2.